The van der Waals surface area contributed by atoms with Crippen LogP contribution in [0.4, 0.5) is 14.9 Å². The molecule has 0 spiro atoms. The molecule has 2 aromatic rings. The first-order valence-electron chi connectivity index (χ1n) is 17.6. The molecule has 11 nitrogen and oxygen atoms in total. The Morgan fingerprint density at radius 3 is 2.47 bits per heavy atom. The summed E-state index contributed by atoms with van der Waals surface area (Å²) in [6.45, 7) is 12.7. The topological polar surface area (TPSA) is 104 Å². The summed E-state index contributed by atoms with van der Waals surface area (Å²) in [5, 5.41) is 14.9. The van der Waals surface area contributed by atoms with Crippen molar-refractivity contribution in [3.05, 3.63) is 65.3 Å². The van der Waals surface area contributed by atoms with Crippen LogP contribution < -0.4 is 4.90 Å². The van der Waals surface area contributed by atoms with Crippen LogP contribution in [0.5, 0.6) is 0 Å². The van der Waals surface area contributed by atoms with Gasteiger partial charge in [-0.05, 0) is 68.1 Å². The van der Waals surface area contributed by atoms with Gasteiger partial charge < -0.3 is 29.3 Å². The van der Waals surface area contributed by atoms with Crippen molar-refractivity contribution < 1.29 is 28.6 Å². The Hall–Kier alpha value is -3.74. The second kappa shape index (κ2) is 16.8. The van der Waals surface area contributed by atoms with Gasteiger partial charge >= 0.3 is 12.1 Å². The van der Waals surface area contributed by atoms with E-state index in [9.17, 15) is 14.7 Å². The smallest absolute Gasteiger partial charge is 0.410 e. The largest absolute Gasteiger partial charge is 0.457 e. The summed E-state index contributed by atoms with van der Waals surface area (Å²) in [4.78, 5) is 34.6. The molecule has 1 amide bonds. The molecule has 1 aromatic carbocycles. The van der Waals surface area contributed by atoms with Crippen LogP contribution in [-0.4, -0.2) is 119 Å². The molecule has 0 radical (unpaired) electrons. The number of anilines is 1. The van der Waals surface area contributed by atoms with Crippen LogP contribution in [-0.2, 0) is 27.9 Å². The number of ether oxygens (including phenoxy) is 2. The van der Waals surface area contributed by atoms with Gasteiger partial charge in [-0.15, -0.1) is 0 Å². The molecule has 0 bridgehead atoms. The van der Waals surface area contributed by atoms with E-state index in [2.05, 4.69) is 19.8 Å². The normalized spacial score (nSPS) is 27.6. The third kappa shape index (κ3) is 10.4. The third-order valence-electron chi connectivity index (χ3n) is 9.91. The molecule has 5 rings (SSSR count). The third-order valence-corrected chi connectivity index (χ3v) is 9.91. The monoisotopic (exact) mass is 680 g/mol. The van der Waals surface area contributed by atoms with Gasteiger partial charge in [0.25, 0.3) is 0 Å². The zero-order valence-electron chi connectivity index (χ0n) is 29.6. The van der Waals surface area contributed by atoms with Crippen LogP contribution in [0.3, 0.4) is 0 Å². The predicted molar refractivity (Wildman–Crippen MR) is 187 cm³/mol. The van der Waals surface area contributed by atoms with Crippen LogP contribution >= 0.6 is 0 Å². The molecular formula is C37H53FN6O5. The second-order valence-corrected chi connectivity index (χ2v) is 14.1. The Kier molecular flexibility index (Phi) is 12.5. The first-order chi connectivity index (χ1) is 23.4. The molecule has 49 heavy (non-hydrogen) atoms. The summed E-state index contributed by atoms with van der Waals surface area (Å²) >= 11 is 0. The van der Waals surface area contributed by atoms with Gasteiger partial charge in [-0.25, -0.2) is 9.18 Å². The molecule has 5 atom stereocenters. The Morgan fingerprint density at radius 1 is 1.04 bits per heavy atom. The number of amides is 1. The van der Waals surface area contributed by atoms with Crippen molar-refractivity contribution in [1.29, 1.82) is 0 Å². The first kappa shape index (κ1) is 36.5. The van der Waals surface area contributed by atoms with Crippen LogP contribution in [0, 0.1) is 17.7 Å². The van der Waals surface area contributed by atoms with Crippen LogP contribution in [0.15, 0.2) is 48.3 Å². The Balaban J connectivity index is 1.30. The van der Waals surface area contributed by atoms with E-state index in [1.807, 2.05) is 76.2 Å². The molecule has 3 aliphatic heterocycles. The lowest BCUT2D eigenvalue weighted by Crippen LogP contribution is -2.48. The van der Waals surface area contributed by atoms with Gasteiger partial charge in [0.2, 0.25) is 0 Å². The summed E-state index contributed by atoms with van der Waals surface area (Å²) in [5.74, 6) is -1.17. The number of benzene rings is 1. The van der Waals surface area contributed by atoms with Crippen LogP contribution in [0.2, 0.25) is 0 Å². The minimum Gasteiger partial charge on any atom is -0.457 e. The Morgan fingerprint density at radius 2 is 1.78 bits per heavy atom. The van der Waals surface area contributed by atoms with E-state index in [0.29, 0.717) is 31.5 Å². The van der Waals surface area contributed by atoms with Crippen molar-refractivity contribution in [3.63, 3.8) is 0 Å². The molecule has 2 saturated heterocycles. The standard InChI is InChI=1S/C37H53FN6O5/c1-26-6-8-33(45)22-35(46)49-36(27(2)7-9-34(26)48-37(47)44-14-10-40(4)11-15-44)28(3)18-29-19-31(38)21-32(20-29)43-16-12-42(13-17-43)25-30-23-39-41(5)24-30/h7,9,18-21,23-24,26-27,33-34,36,45H,6,8,10-17,22,25H2,1-5H3/b9-7+,28-18+/t26-,27-,33+,34-,36-/m0/s1. The van der Waals surface area contributed by atoms with Crippen LogP contribution in [0.1, 0.15) is 51.2 Å². The first-order valence-corrected chi connectivity index (χ1v) is 17.6. The van der Waals surface area contributed by atoms with Crippen molar-refractivity contribution in [2.75, 3.05) is 64.3 Å². The van der Waals surface area contributed by atoms with E-state index >= 15 is 4.39 Å². The predicted octanol–water partition coefficient (Wildman–Crippen LogP) is 4.32. The number of likely N-dealkylation sites (N-methyl/N-ethyl adjacent to an activating group) is 1. The number of piperazine rings is 2. The number of aromatic nitrogens is 2. The molecule has 2 fully saturated rings. The summed E-state index contributed by atoms with van der Waals surface area (Å²) in [7, 11) is 3.95. The maximum atomic E-state index is 15.0. The quantitative estimate of drug-likeness (QED) is 0.353. The highest BCUT2D eigenvalue weighted by molar-refractivity contribution is 5.71. The number of cyclic esters (lactones) is 1. The number of aryl methyl sites for hydroxylation is 1. The molecule has 1 N–H and O–H groups in total. The summed E-state index contributed by atoms with van der Waals surface area (Å²) < 4.78 is 28.8. The molecule has 268 valence electrons. The molecule has 1 aromatic heterocycles. The van der Waals surface area contributed by atoms with Crippen LogP contribution in [0.25, 0.3) is 6.08 Å². The maximum Gasteiger partial charge on any atom is 0.410 e. The summed E-state index contributed by atoms with van der Waals surface area (Å²) in [6, 6.07) is 5.03. The fraction of sp³-hybridized carbons (Fsp3) is 0.595. The minimum absolute atomic E-state index is 0.0667. The zero-order chi connectivity index (χ0) is 35.1. The zero-order valence-corrected chi connectivity index (χ0v) is 29.6. The number of aliphatic hydroxyl groups excluding tert-OH is 1. The van der Waals surface area contributed by atoms with Crippen molar-refractivity contribution in [3.8, 4) is 0 Å². The number of hydrogen-bond donors (Lipinski definition) is 1. The number of carbonyl (C=O) groups excluding carboxylic acids is 2. The fourth-order valence-electron chi connectivity index (χ4n) is 6.81. The van der Waals surface area contributed by atoms with E-state index in [-0.39, 0.29) is 30.2 Å². The number of halogens is 1. The van der Waals surface area contributed by atoms with Gasteiger partial charge in [-0.1, -0.05) is 26.0 Å². The number of rotatable bonds is 6. The number of aliphatic hydroxyl groups is 1. The highest BCUT2D eigenvalue weighted by Crippen LogP contribution is 2.28. The summed E-state index contributed by atoms with van der Waals surface area (Å²) in [5.41, 5.74) is 3.41. The average Bonchev–Trinajstić information content (AvgIpc) is 3.48. The lowest BCUT2D eigenvalue weighted by molar-refractivity contribution is -0.151. The van der Waals surface area contributed by atoms with Gasteiger partial charge in [-0.3, -0.25) is 14.4 Å². The summed E-state index contributed by atoms with van der Waals surface area (Å²) in [6.07, 6.45) is 8.06. The average molecular weight is 681 g/mol. The van der Waals surface area contributed by atoms with Gasteiger partial charge in [0.15, 0.2) is 0 Å². The van der Waals surface area contributed by atoms with E-state index in [4.69, 9.17) is 9.47 Å². The Bertz CT molecular complexity index is 1480. The second-order valence-electron chi connectivity index (χ2n) is 14.1. The minimum atomic E-state index is -0.872. The lowest BCUT2D eigenvalue weighted by Gasteiger charge is -2.36. The van der Waals surface area contributed by atoms with Gasteiger partial charge in [0.05, 0.1) is 18.7 Å². The van der Waals surface area contributed by atoms with Crippen molar-refractivity contribution in [1.82, 2.24) is 24.5 Å². The van der Waals surface area contributed by atoms with E-state index in [1.165, 1.54) is 11.6 Å². The fourth-order valence-corrected chi connectivity index (χ4v) is 6.81. The Labute approximate surface area is 289 Å². The number of hydrogen-bond acceptors (Lipinski definition) is 9. The van der Waals surface area contributed by atoms with E-state index in [0.717, 1.165) is 57.1 Å². The van der Waals surface area contributed by atoms with E-state index < -0.39 is 24.3 Å². The molecule has 4 heterocycles. The maximum absolute atomic E-state index is 15.0. The molecule has 0 unspecified atom stereocenters. The molecule has 12 heteroatoms. The number of esters is 1. The molecule has 0 saturated carbocycles. The van der Waals surface area contributed by atoms with E-state index in [1.54, 1.807) is 11.0 Å². The van der Waals surface area contributed by atoms with Crippen molar-refractivity contribution >= 4 is 23.8 Å². The number of nitrogens with zero attached hydrogens (tertiary/aromatic N) is 6. The number of carbonyl (C=O) groups is 2. The molecule has 0 aliphatic carbocycles. The highest BCUT2D eigenvalue weighted by atomic mass is 19.1. The van der Waals surface area contributed by atoms with Gasteiger partial charge in [0.1, 0.15) is 18.0 Å². The molecule has 3 aliphatic rings. The van der Waals surface area contributed by atoms with Gasteiger partial charge in [0, 0.05) is 89.3 Å². The van der Waals surface area contributed by atoms with Crippen molar-refractivity contribution in [2.45, 2.75) is 64.9 Å². The SMILES string of the molecule is C/C(=C\c1cc(F)cc(N2CCN(Cc3cnn(C)c3)CC2)c1)[C@H]1OC(=O)C[C@H](O)CC[C@H](C)[C@@H](OC(=O)N2CCN(C)CC2)/C=C/[C@@H]1C. The van der Waals surface area contributed by atoms with Gasteiger partial charge in [-0.2, -0.15) is 5.10 Å². The highest BCUT2D eigenvalue weighted by Gasteiger charge is 2.29. The molecular weight excluding hydrogens is 627 g/mol. The van der Waals surface area contributed by atoms with Crippen molar-refractivity contribution in [2.24, 2.45) is 18.9 Å². The lowest BCUT2D eigenvalue weighted by atomic mass is 9.91.